The molecule has 3 nitrogen and oxygen atoms in total. The summed E-state index contributed by atoms with van der Waals surface area (Å²) in [6, 6.07) is 10.0. The number of halogens is 1. The maximum absolute atomic E-state index is 6.01. The largest absolute Gasteiger partial charge is 0.374 e. The van der Waals surface area contributed by atoms with E-state index < -0.39 is 0 Å². The van der Waals surface area contributed by atoms with E-state index in [0.717, 1.165) is 9.92 Å². The third-order valence-electron chi connectivity index (χ3n) is 2.36. The zero-order valence-corrected chi connectivity index (χ0v) is 12.5. The second-order valence-corrected chi connectivity index (χ2v) is 5.48. The molecule has 2 rings (SSSR count). The predicted molar refractivity (Wildman–Crippen MR) is 77.7 cm³/mol. The molecular weight excluding hydrogens is 280 g/mol. The van der Waals surface area contributed by atoms with Crippen molar-refractivity contribution < 1.29 is 4.74 Å². The van der Waals surface area contributed by atoms with Crippen LogP contribution < -0.4 is 0 Å². The van der Waals surface area contributed by atoms with Gasteiger partial charge in [-0.3, -0.25) is 0 Å². The molecule has 0 aliphatic rings. The summed E-state index contributed by atoms with van der Waals surface area (Å²) in [5.41, 5.74) is 1.22. The Kier molecular flexibility index (Phi) is 5.19. The van der Waals surface area contributed by atoms with E-state index in [4.69, 9.17) is 16.3 Å². The molecule has 19 heavy (non-hydrogen) atoms. The molecule has 1 aromatic carbocycles. The van der Waals surface area contributed by atoms with Crippen molar-refractivity contribution in [1.29, 1.82) is 0 Å². The van der Waals surface area contributed by atoms with Gasteiger partial charge in [-0.05, 0) is 26.0 Å². The Morgan fingerprint density at radius 2 is 2.11 bits per heavy atom. The monoisotopic (exact) mass is 294 g/mol. The average molecular weight is 295 g/mol. The van der Waals surface area contributed by atoms with Gasteiger partial charge in [-0.2, -0.15) is 0 Å². The van der Waals surface area contributed by atoms with Crippen LogP contribution in [0.3, 0.4) is 0 Å². The van der Waals surface area contributed by atoms with Gasteiger partial charge in [-0.25, -0.2) is 9.97 Å². The molecule has 0 amide bonds. The van der Waals surface area contributed by atoms with Crippen molar-refractivity contribution >= 4 is 23.4 Å². The van der Waals surface area contributed by atoms with Crippen molar-refractivity contribution in [2.75, 3.05) is 6.61 Å². The summed E-state index contributed by atoms with van der Waals surface area (Å²) in [6.45, 7) is 5.03. The Hall–Kier alpha value is -1.10. The number of nitrogens with zero attached hydrogens (tertiary/aromatic N) is 2. The highest BCUT2D eigenvalue weighted by Gasteiger charge is 2.05. The number of benzene rings is 1. The van der Waals surface area contributed by atoms with Crippen LogP contribution in [-0.2, 0) is 11.3 Å². The van der Waals surface area contributed by atoms with Crippen LogP contribution in [0.4, 0.5) is 0 Å². The van der Waals surface area contributed by atoms with E-state index in [2.05, 4.69) is 35.1 Å². The lowest BCUT2D eigenvalue weighted by atomic mass is 10.2. The van der Waals surface area contributed by atoms with Crippen LogP contribution in [0.1, 0.15) is 18.3 Å². The lowest BCUT2D eigenvalue weighted by Crippen LogP contribution is -2.00. The normalized spacial score (nSPS) is 10.7. The Labute approximate surface area is 122 Å². The van der Waals surface area contributed by atoms with E-state index in [0.29, 0.717) is 24.2 Å². The molecule has 0 spiro atoms. The molecule has 2 aromatic rings. The first kappa shape index (κ1) is 14.3. The molecule has 0 bridgehead atoms. The third-order valence-corrected chi connectivity index (χ3v) is 3.47. The number of hydrogen-bond acceptors (Lipinski definition) is 4. The molecule has 0 atom stereocenters. The number of hydrogen-bond donors (Lipinski definition) is 0. The molecule has 0 saturated carbocycles. The molecule has 100 valence electrons. The second kappa shape index (κ2) is 6.89. The van der Waals surface area contributed by atoms with Crippen molar-refractivity contribution in [2.45, 2.75) is 30.4 Å². The summed E-state index contributed by atoms with van der Waals surface area (Å²) < 4.78 is 5.31. The molecule has 0 saturated heterocycles. The molecule has 0 radical (unpaired) electrons. The number of aryl methyl sites for hydroxylation is 1. The van der Waals surface area contributed by atoms with E-state index in [-0.39, 0.29) is 0 Å². The summed E-state index contributed by atoms with van der Waals surface area (Å²) >= 11 is 7.58. The predicted octanol–water partition coefficient (Wildman–Crippen LogP) is 4.13. The number of ether oxygens (including phenoxy) is 1. The zero-order valence-electron chi connectivity index (χ0n) is 10.9. The summed E-state index contributed by atoms with van der Waals surface area (Å²) in [5.74, 6) is 0.615. The van der Waals surface area contributed by atoms with Crippen LogP contribution in [-0.4, -0.2) is 16.6 Å². The van der Waals surface area contributed by atoms with Crippen LogP contribution in [0.2, 0.25) is 5.15 Å². The second-order valence-electron chi connectivity index (χ2n) is 4.00. The number of aromatic nitrogens is 2. The first-order chi connectivity index (χ1) is 9.17. The lowest BCUT2D eigenvalue weighted by Gasteiger charge is -2.05. The van der Waals surface area contributed by atoms with Crippen molar-refractivity contribution in [3.8, 4) is 0 Å². The fourth-order valence-corrected chi connectivity index (χ4v) is 2.77. The van der Waals surface area contributed by atoms with Crippen molar-refractivity contribution in [1.82, 2.24) is 9.97 Å². The van der Waals surface area contributed by atoms with Crippen molar-refractivity contribution in [3.63, 3.8) is 0 Å². The summed E-state index contributed by atoms with van der Waals surface area (Å²) in [4.78, 5) is 9.72. The van der Waals surface area contributed by atoms with Gasteiger partial charge in [0.1, 0.15) is 16.8 Å². The summed E-state index contributed by atoms with van der Waals surface area (Å²) in [7, 11) is 0. The van der Waals surface area contributed by atoms with Crippen molar-refractivity contribution in [3.05, 3.63) is 46.9 Å². The van der Waals surface area contributed by atoms with Gasteiger partial charge in [-0.1, -0.05) is 41.1 Å². The van der Waals surface area contributed by atoms with Crippen LogP contribution in [0.25, 0.3) is 0 Å². The number of rotatable bonds is 5. The highest BCUT2D eigenvalue weighted by molar-refractivity contribution is 7.99. The van der Waals surface area contributed by atoms with Crippen LogP contribution in [0.15, 0.2) is 40.3 Å². The fraction of sp³-hybridized carbons (Fsp3) is 0.286. The van der Waals surface area contributed by atoms with Gasteiger partial charge in [0.2, 0.25) is 0 Å². The first-order valence-corrected chi connectivity index (χ1v) is 7.22. The highest BCUT2D eigenvalue weighted by atomic mass is 35.5. The SMILES string of the molecule is CCOCc1nc(Cl)cc(Sc2cccc(C)c2)n1. The van der Waals surface area contributed by atoms with E-state index in [1.54, 1.807) is 17.8 Å². The van der Waals surface area contributed by atoms with Crippen LogP contribution in [0.5, 0.6) is 0 Å². The van der Waals surface area contributed by atoms with E-state index in [9.17, 15) is 0 Å². The summed E-state index contributed by atoms with van der Waals surface area (Å²) in [5, 5.41) is 1.28. The molecule has 0 unspecified atom stereocenters. The van der Waals surface area contributed by atoms with E-state index in [1.165, 1.54) is 5.56 Å². The first-order valence-electron chi connectivity index (χ1n) is 6.03. The Morgan fingerprint density at radius 1 is 1.26 bits per heavy atom. The smallest absolute Gasteiger partial charge is 0.157 e. The Bertz CT molecular complexity index is 563. The van der Waals surface area contributed by atoms with Crippen LogP contribution >= 0.6 is 23.4 Å². The molecule has 1 heterocycles. The molecule has 1 aromatic heterocycles. The molecule has 0 aliphatic heterocycles. The molecular formula is C14H15ClN2OS. The van der Waals surface area contributed by atoms with Gasteiger partial charge in [0, 0.05) is 17.6 Å². The Morgan fingerprint density at radius 3 is 2.84 bits per heavy atom. The van der Waals surface area contributed by atoms with Gasteiger partial charge in [0.15, 0.2) is 5.82 Å². The fourth-order valence-electron chi connectivity index (χ4n) is 1.55. The van der Waals surface area contributed by atoms with E-state index in [1.807, 2.05) is 13.0 Å². The zero-order chi connectivity index (χ0) is 13.7. The topological polar surface area (TPSA) is 35.0 Å². The quantitative estimate of drug-likeness (QED) is 0.777. The molecule has 0 N–H and O–H groups in total. The van der Waals surface area contributed by atoms with Gasteiger partial charge in [0.25, 0.3) is 0 Å². The van der Waals surface area contributed by atoms with Gasteiger partial charge in [0.05, 0.1) is 0 Å². The minimum Gasteiger partial charge on any atom is -0.374 e. The third kappa shape index (κ3) is 4.49. The molecule has 5 heteroatoms. The van der Waals surface area contributed by atoms with Gasteiger partial charge in [-0.15, -0.1) is 0 Å². The maximum atomic E-state index is 6.01. The lowest BCUT2D eigenvalue weighted by molar-refractivity contribution is 0.128. The van der Waals surface area contributed by atoms with Crippen LogP contribution in [0, 0.1) is 6.92 Å². The standard InChI is InChI=1S/C14H15ClN2OS/c1-3-18-9-13-16-12(15)8-14(17-13)19-11-6-4-5-10(2)7-11/h4-8H,3,9H2,1-2H3. The minimum absolute atomic E-state index is 0.387. The molecule has 0 aliphatic carbocycles. The van der Waals surface area contributed by atoms with Gasteiger partial charge < -0.3 is 4.74 Å². The van der Waals surface area contributed by atoms with Crippen molar-refractivity contribution in [2.24, 2.45) is 0 Å². The van der Waals surface area contributed by atoms with Gasteiger partial charge >= 0.3 is 0 Å². The highest BCUT2D eigenvalue weighted by Crippen LogP contribution is 2.28. The van der Waals surface area contributed by atoms with E-state index >= 15 is 0 Å². The average Bonchev–Trinajstić information content (AvgIpc) is 2.35. The summed E-state index contributed by atoms with van der Waals surface area (Å²) in [6.07, 6.45) is 0. The molecule has 0 fully saturated rings. The minimum atomic E-state index is 0.387. The Balaban J connectivity index is 2.17. The maximum Gasteiger partial charge on any atom is 0.157 e.